The summed E-state index contributed by atoms with van der Waals surface area (Å²) in [5, 5.41) is 0. The number of ether oxygens (including phenoxy) is 1. The van der Waals surface area contributed by atoms with Crippen LogP contribution in [-0.4, -0.2) is 18.1 Å². The molecule has 0 saturated heterocycles. The molecular weight excluding hydrogens is 236 g/mol. The molecule has 0 aliphatic rings. The largest absolute Gasteiger partial charge is 0.492 e. The van der Waals surface area contributed by atoms with Crippen molar-refractivity contribution in [2.45, 2.75) is 6.92 Å². The Morgan fingerprint density at radius 2 is 2.00 bits per heavy atom. The molecule has 0 fully saturated rings. The first-order valence-electron chi connectivity index (χ1n) is 6.29. The maximum atomic E-state index is 5.70. The van der Waals surface area contributed by atoms with Crippen LogP contribution in [0.3, 0.4) is 0 Å². The SMILES string of the molecule is C=CN(CCOc1ccc(C)cc1)c1ccccn1. The van der Waals surface area contributed by atoms with E-state index in [9.17, 15) is 0 Å². The van der Waals surface area contributed by atoms with Crippen molar-refractivity contribution >= 4 is 5.82 Å². The Morgan fingerprint density at radius 1 is 1.21 bits per heavy atom. The van der Waals surface area contributed by atoms with E-state index in [-0.39, 0.29) is 0 Å². The zero-order valence-electron chi connectivity index (χ0n) is 11.1. The van der Waals surface area contributed by atoms with Crippen molar-refractivity contribution in [3.05, 3.63) is 67.0 Å². The van der Waals surface area contributed by atoms with Crippen LogP contribution < -0.4 is 9.64 Å². The fraction of sp³-hybridized carbons (Fsp3) is 0.188. The first-order chi connectivity index (χ1) is 9.29. The molecule has 1 aromatic carbocycles. The molecule has 0 unspecified atom stereocenters. The lowest BCUT2D eigenvalue weighted by Crippen LogP contribution is -2.23. The molecule has 0 amide bonds. The van der Waals surface area contributed by atoms with Crippen molar-refractivity contribution in [3.8, 4) is 5.75 Å². The van der Waals surface area contributed by atoms with E-state index >= 15 is 0 Å². The van der Waals surface area contributed by atoms with Crippen LogP contribution >= 0.6 is 0 Å². The third-order valence-electron chi connectivity index (χ3n) is 2.79. The van der Waals surface area contributed by atoms with Crippen molar-refractivity contribution in [3.63, 3.8) is 0 Å². The summed E-state index contributed by atoms with van der Waals surface area (Å²) in [5.74, 6) is 1.76. The molecule has 0 aliphatic heterocycles. The molecular formula is C16H18N2O. The highest BCUT2D eigenvalue weighted by molar-refractivity contribution is 5.40. The first kappa shape index (κ1) is 13.1. The van der Waals surface area contributed by atoms with Gasteiger partial charge in [0.1, 0.15) is 18.2 Å². The van der Waals surface area contributed by atoms with E-state index in [4.69, 9.17) is 4.74 Å². The molecule has 1 aromatic heterocycles. The van der Waals surface area contributed by atoms with Gasteiger partial charge in [-0.1, -0.05) is 30.3 Å². The smallest absolute Gasteiger partial charge is 0.132 e. The van der Waals surface area contributed by atoms with Gasteiger partial charge in [0.05, 0.1) is 6.54 Å². The summed E-state index contributed by atoms with van der Waals surface area (Å²) >= 11 is 0. The average Bonchev–Trinajstić information content (AvgIpc) is 2.46. The predicted octanol–water partition coefficient (Wildman–Crippen LogP) is 3.42. The van der Waals surface area contributed by atoms with E-state index in [1.165, 1.54) is 5.56 Å². The minimum Gasteiger partial charge on any atom is -0.492 e. The molecule has 19 heavy (non-hydrogen) atoms. The van der Waals surface area contributed by atoms with E-state index in [0.717, 1.165) is 11.6 Å². The molecule has 0 N–H and O–H groups in total. The Bertz CT molecular complexity index is 508. The number of aryl methyl sites for hydroxylation is 1. The van der Waals surface area contributed by atoms with Crippen LogP contribution in [-0.2, 0) is 0 Å². The molecule has 0 spiro atoms. The van der Waals surface area contributed by atoms with Gasteiger partial charge in [-0.05, 0) is 37.4 Å². The fourth-order valence-corrected chi connectivity index (χ4v) is 1.72. The number of rotatable bonds is 6. The van der Waals surface area contributed by atoms with Crippen LogP contribution in [0, 0.1) is 6.92 Å². The first-order valence-corrected chi connectivity index (χ1v) is 6.29. The van der Waals surface area contributed by atoms with Crippen LogP contribution in [0.15, 0.2) is 61.4 Å². The van der Waals surface area contributed by atoms with E-state index in [0.29, 0.717) is 13.2 Å². The lowest BCUT2D eigenvalue weighted by Gasteiger charge is -2.18. The molecule has 2 rings (SSSR count). The number of hydrogen-bond donors (Lipinski definition) is 0. The second-order valence-electron chi connectivity index (χ2n) is 4.23. The number of hydrogen-bond acceptors (Lipinski definition) is 3. The quantitative estimate of drug-likeness (QED) is 0.789. The van der Waals surface area contributed by atoms with Crippen LogP contribution in [0.1, 0.15) is 5.56 Å². The Labute approximate surface area is 114 Å². The molecule has 2 aromatic rings. The van der Waals surface area contributed by atoms with Crippen molar-refractivity contribution in [2.75, 3.05) is 18.1 Å². The van der Waals surface area contributed by atoms with Gasteiger partial charge in [-0.2, -0.15) is 0 Å². The minimum absolute atomic E-state index is 0.589. The van der Waals surface area contributed by atoms with Crippen molar-refractivity contribution in [2.24, 2.45) is 0 Å². The van der Waals surface area contributed by atoms with Crippen LogP contribution in [0.2, 0.25) is 0 Å². The third kappa shape index (κ3) is 3.85. The van der Waals surface area contributed by atoms with Crippen molar-refractivity contribution < 1.29 is 4.74 Å². The van der Waals surface area contributed by atoms with Crippen LogP contribution in [0.5, 0.6) is 5.75 Å². The summed E-state index contributed by atoms with van der Waals surface area (Å²) in [6.07, 6.45) is 3.54. The second-order valence-corrected chi connectivity index (χ2v) is 4.23. The minimum atomic E-state index is 0.589. The topological polar surface area (TPSA) is 25.4 Å². The summed E-state index contributed by atoms with van der Waals surface area (Å²) < 4.78 is 5.70. The van der Waals surface area contributed by atoms with Crippen molar-refractivity contribution in [1.29, 1.82) is 0 Å². The monoisotopic (exact) mass is 254 g/mol. The Balaban J connectivity index is 1.87. The molecule has 0 bridgehead atoms. The van der Waals surface area contributed by atoms with Gasteiger partial charge in [0.25, 0.3) is 0 Å². The van der Waals surface area contributed by atoms with Crippen LogP contribution in [0.4, 0.5) is 5.82 Å². The molecule has 1 heterocycles. The van der Waals surface area contributed by atoms with E-state index in [2.05, 4.69) is 18.5 Å². The molecule has 0 radical (unpaired) electrons. The summed E-state index contributed by atoms with van der Waals surface area (Å²) in [5.41, 5.74) is 1.23. The number of nitrogens with zero attached hydrogens (tertiary/aromatic N) is 2. The molecule has 98 valence electrons. The van der Waals surface area contributed by atoms with E-state index in [1.54, 1.807) is 12.4 Å². The lowest BCUT2D eigenvalue weighted by atomic mass is 10.2. The van der Waals surface area contributed by atoms with Gasteiger partial charge in [0.2, 0.25) is 0 Å². The van der Waals surface area contributed by atoms with Gasteiger partial charge < -0.3 is 9.64 Å². The zero-order valence-corrected chi connectivity index (χ0v) is 11.1. The van der Waals surface area contributed by atoms with Gasteiger partial charge in [0, 0.05) is 6.20 Å². The average molecular weight is 254 g/mol. The Kier molecular flexibility index (Phi) is 4.56. The van der Waals surface area contributed by atoms with E-state index in [1.807, 2.05) is 47.4 Å². The van der Waals surface area contributed by atoms with Gasteiger partial charge >= 0.3 is 0 Å². The van der Waals surface area contributed by atoms with E-state index < -0.39 is 0 Å². The summed E-state index contributed by atoms with van der Waals surface area (Å²) in [4.78, 5) is 6.25. The van der Waals surface area contributed by atoms with Gasteiger partial charge in [0.15, 0.2) is 0 Å². The number of pyridine rings is 1. The second kappa shape index (κ2) is 6.59. The Hall–Kier alpha value is -2.29. The fourth-order valence-electron chi connectivity index (χ4n) is 1.72. The maximum Gasteiger partial charge on any atom is 0.132 e. The summed E-state index contributed by atoms with van der Waals surface area (Å²) in [6, 6.07) is 13.8. The summed E-state index contributed by atoms with van der Waals surface area (Å²) in [6.45, 7) is 7.17. The predicted molar refractivity (Wildman–Crippen MR) is 78.5 cm³/mol. The van der Waals surface area contributed by atoms with Crippen LogP contribution in [0.25, 0.3) is 0 Å². The highest BCUT2D eigenvalue weighted by atomic mass is 16.5. The summed E-state index contributed by atoms with van der Waals surface area (Å²) in [7, 11) is 0. The van der Waals surface area contributed by atoms with Crippen molar-refractivity contribution in [1.82, 2.24) is 4.98 Å². The van der Waals surface area contributed by atoms with Gasteiger partial charge in [-0.15, -0.1) is 0 Å². The Morgan fingerprint density at radius 3 is 2.63 bits per heavy atom. The maximum absolute atomic E-state index is 5.70. The standard InChI is InChI=1S/C16H18N2O/c1-3-18(16-6-4-5-11-17-16)12-13-19-15-9-7-14(2)8-10-15/h3-11H,1,12-13H2,2H3. The molecule has 3 nitrogen and oxygen atoms in total. The normalized spacial score (nSPS) is 9.95. The molecule has 0 aliphatic carbocycles. The molecule has 3 heteroatoms. The third-order valence-corrected chi connectivity index (χ3v) is 2.79. The molecule has 0 atom stereocenters. The highest BCUT2D eigenvalue weighted by Gasteiger charge is 2.03. The molecule has 0 saturated carbocycles. The highest BCUT2D eigenvalue weighted by Crippen LogP contribution is 2.12. The number of benzene rings is 1. The lowest BCUT2D eigenvalue weighted by molar-refractivity contribution is 0.327. The van der Waals surface area contributed by atoms with Gasteiger partial charge in [-0.3, -0.25) is 0 Å². The zero-order chi connectivity index (χ0) is 13.5. The van der Waals surface area contributed by atoms with Gasteiger partial charge in [-0.25, -0.2) is 4.98 Å². The number of aromatic nitrogens is 1. The number of anilines is 1.